The second kappa shape index (κ2) is 3.26. The summed E-state index contributed by atoms with van der Waals surface area (Å²) in [4.78, 5) is 13.1. The van der Waals surface area contributed by atoms with E-state index >= 15 is 0 Å². The lowest BCUT2D eigenvalue weighted by Crippen LogP contribution is -2.51. The molecule has 1 saturated heterocycles. The van der Waals surface area contributed by atoms with Gasteiger partial charge in [-0.1, -0.05) is 0 Å². The van der Waals surface area contributed by atoms with Crippen molar-refractivity contribution in [1.29, 1.82) is 0 Å². The Balaban J connectivity index is 2.01. The Morgan fingerprint density at radius 3 is 2.86 bits per heavy atom. The maximum Gasteiger partial charge on any atom is 0.280 e. The van der Waals surface area contributed by atoms with Crippen LogP contribution in [0, 0.1) is 5.92 Å². The molecule has 0 aromatic carbocycles. The average molecular weight is 198 g/mol. The number of hydrogen-bond donors (Lipinski definition) is 2. The van der Waals surface area contributed by atoms with Crippen molar-refractivity contribution in [2.45, 2.75) is 0 Å². The number of carbonyl (C=O) groups excluding carboxylic acids is 1. The number of hydrogen-bond acceptors (Lipinski definition) is 6. The predicted octanol–water partition coefficient (Wildman–Crippen LogP) is -1.28. The second-order valence-electron chi connectivity index (χ2n) is 3.26. The molecule has 2 heterocycles. The molecule has 1 fully saturated rings. The first-order chi connectivity index (χ1) is 6.72. The summed E-state index contributed by atoms with van der Waals surface area (Å²) in [5.41, 5.74) is 5.40. The fourth-order valence-electron chi connectivity index (χ4n) is 1.34. The van der Waals surface area contributed by atoms with E-state index in [0.29, 0.717) is 13.1 Å². The highest BCUT2D eigenvalue weighted by Gasteiger charge is 2.33. The van der Waals surface area contributed by atoms with Crippen molar-refractivity contribution in [3.63, 3.8) is 0 Å². The zero-order valence-corrected chi connectivity index (χ0v) is 7.38. The first kappa shape index (κ1) is 8.95. The lowest BCUT2D eigenvalue weighted by Gasteiger charge is -2.37. The van der Waals surface area contributed by atoms with Crippen molar-refractivity contribution in [2.75, 3.05) is 25.4 Å². The van der Waals surface area contributed by atoms with Gasteiger partial charge in [0.15, 0.2) is 0 Å². The zero-order valence-electron chi connectivity index (χ0n) is 7.38. The number of nitrogens with zero attached hydrogens (tertiary/aromatic N) is 3. The fourth-order valence-corrected chi connectivity index (χ4v) is 1.34. The van der Waals surface area contributed by atoms with Crippen LogP contribution in [0.2, 0.25) is 0 Å². The van der Waals surface area contributed by atoms with Crippen molar-refractivity contribution >= 4 is 11.7 Å². The Morgan fingerprint density at radius 1 is 1.64 bits per heavy atom. The van der Waals surface area contributed by atoms with E-state index in [1.165, 1.54) is 4.90 Å². The summed E-state index contributed by atoms with van der Waals surface area (Å²) in [5, 5.41) is 15.5. The molecule has 1 aliphatic heterocycles. The van der Waals surface area contributed by atoms with Crippen molar-refractivity contribution in [3.8, 4) is 0 Å². The minimum absolute atomic E-state index is 0.00227. The summed E-state index contributed by atoms with van der Waals surface area (Å²) in [5.74, 6) is -0.129. The van der Waals surface area contributed by atoms with E-state index in [9.17, 15) is 4.79 Å². The van der Waals surface area contributed by atoms with Crippen LogP contribution in [0.15, 0.2) is 4.63 Å². The van der Waals surface area contributed by atoms with Crippen LogP contribution >= 0.6 is 0 Å². The molecule has 3 N–H and O–H groups in total. The summed E-state index contributed by atoms with van der Waals surface area (Å²) >= 11 is 0. The van der Waals surface area contributed by atoms with E-state index in [0.717, 1.165) is 0 Å². The number of nitrogen functional groups attached to an aromatic ring is 1. The number of nitrogens with two attached hydrogens (primary N) is 1. The van der Waals surface area contributed by atoms with Gasteiger partial charge in [-0.3, -0.25) is 4.79 Å². The number of aliphatic hydroxyl groups excluding tert-OH is 1. The molecule has 0 unspecified atom stereocenters. The molecular weight excluding hydrogens is 188 g/mol. The quantitative estimate of drug-likeness (QED) is 0.612. The van der Waals surface area contributed by atoms with Crippen LogP contribution in [0.1, 0.15) is 10.5 Å². The SMILES string of the molecule is Nc1nonc1C(=O)N1CC(CO)C1. The molecule has 0 aliphatic carbocycles. The van der Waals surface area contributed by atoms with Crippen molar-refractivity contribution < 1.29 is 14.5 Å². The van der Waals surface area contributed by atoms with Crippen LogP contribution in [0.5, 0.6) is 0 Å². The Labute approximate surface area is 79.4 Å². The van der Waals surface area contributed by atoms with Gasteiger partial charge in [0.2, 0.25) is 11.5 Å². The Kier molecular flexibility index (Phi) is 2.08. The number of amides is 1. The fraction of sp³-hybridized carbons (Fsp3) is 0.571. The molecule has 0 bridgehead atoms. The number of carbonyl (C=O) groups is 1. The molecule has 0 atom stereocenters. The summed E-state index contributed by atoms with van der Waals surface area (Å²) in [7, 11) is 0. The molecule has 14 heavy (non-hydrogen) atoms. The lowest BCUT2D eigenvalue weighted by molar-refractivity contribution is 0.0353. The first-order valence-electron chi connectivity index (χ1n) is 4.20. The topological polar surface area (TPSA) is 105 Å². The molecular formula is C7H10N4O3. The van der Waals surface area contributed by atoms with Crippen molar-refractivity contribution in [1.82, 2.24) is 15.2 Å². The van der Waals surface area contributed by atoms with Crippen LogP contribution in [-0.4, -0.2) is 45.9 Å². The van der Waals surface area contributed by atoms with Crippen molar-refractivity contribution in [2.24, 2.45) is 5.92 Å². The Morgan fingerprint density at radius 2 is 2.36 bits per heavy atom. The van der Waals surface area contributed by atoms with E-state index in [1.807, 2.05) is 0 Å². The molecule has 7 heteroatoms. The van der Waals surface area contributed by atoms with Gasteiger partial charge >= 0.3 is 0 Å². The van der Waals surface area contributed by atoms with Gasteiger partial charge in [-0.2, -0.15) is 0 Å². The molecule has 1 aromatic rings. The van der Waals surface area contributed by atoms with Crippen LogP contribution < -0.4 is 5.73 Å². The lowest BCUT2D eigenvalue weighted by atomic mass is 10.0. The van der Waals surface area contributed by atoms with Gasteiger partial charge in [0.25, 0.3) is 5.91 Å². The minimum Gasteiger partial charge on any atom is -0.396 e. The van der Waals surface area contributed by atoms with Gasteiger partial charge in [-0.25, -0.2) is 4.63 Å². The van der Waals surface area contributed by atoms with Gasteiger partial charge < -0.3 is 15.7 Å². The maximum absolute atomic E-state index is 11.6. The summed E-state index contributed by atoms with van der Waals surface area (Å²) in [6, 6.07) is 0. The van der Waals surface area contributed by atoms with Gasteiger partial charge in [-0.05, 0) is 10.3 Å². The largest absolute Gasteiger partial charge is 0.396 e. The third-order valence-electron chi connectivity index (χ3n) is 2.22. The number of anilines is 1. The van der Waals surface area contributed by atoms with Gasteiger partial charge in [0.1, 0.15) is 0 Å². The molecule has 76 valence electrons. The van der Waals surface area contributed by atoms with Gasteiger partial charge in [0, 0.05) is 25.6 Å². The highest BCUT2D eigenvalue weighted by atomic mass is 16.6. The van der Waals surface area contributed by atoms with Crippen LogP contribution in [0.4, 0.5) is 5.82 Å². The number of rotatable bonds is 2. The van der Waals surface area contributed by atoms with E-state index in [1.54, 1.807) is 0 Å². The van der Waals surface area contributed by atoms with E-state index in [4.69, 9.17) is 10.8 Å². The van der Waals surface area contributed by atoms with E-state index < -0.39 is 0 Å². The molecule has 0 radical (unpaired) electrons. The summed E-state index contributed by atoms with van der Waals surface area (Å²) in [6.07, 6.45) is 0. The monoisotopic (exact) mass is 198 g/mol. The van der Waals surface area contributed by atoms with Gasteiger partial charge in [0.05, 0.1) is 0 Å². The highest BCUT2D eigenvalue weighted by molar-refractivity contribution is 5.96. The molecule has 0 spiro atoms. The summed E-state index contributed by atoms with van der Waals surface area (Å²) < 4.78 is 4.32. The molecule has 7 nitrogen and oxygen atoms in total. The van der Waals surface area contributed by atoms with Crippen molar-refractivity contribution in [3.05, 3.63) is 5.69 Å². The molecule has 2 rings (SSSR count). The minimum atomic E-state index is -0.298. The second-order valence-corrected chi connectivity index (χ2v) is 3.26. The Hall–Kier alpha value is -1.63. The maximum atomic E-state index is 11.6. The van der Waals surface area contributed by atoms with E-state index in [-0.39, 0.29) is 29.9 Å². The average Bonchev–Trinajstić information content (AvgIpc) is 2.49. The van der Waals surface area contributed by atoms with Crippen LogP contribution in [0.25, 0.3) is 0 Å². The summed E-state index contributed by atoms with van der Waals surface area (Å²) in [6.45, 7) is 1.15. The molecule has 1 aliphatic rings. The third-order valence-corrected chi connectivity index (χ3v) is 2.22. The number of aliphatic hydroxyl groups is 1. The first-order valence-corrected chi connectivity index (χ1v) is 4.20. The standard InChI is InChI=1S/C7H10N4O3/c8-6-5(9-14-10-6)7(13)11-1-4(2-11)3-12/h4,12H,1-3H2,(H2,8,10). The molecule has 1 amide bonds. The predicted molar refractivity (Wildman–Crippen MR) is 45.2 cm³/mol. The number of likely N-dealkylation sites (tertiary alicyclic amines) is 1. The van der Waals surface area contributed by atoms with Gasteiger partial charge in [-0.15, -0.1) is 0 Å². The normalized spacial score (nSPS) is 16.8. The Bertz CT molecular complexity index is 344. The van der Waals surface area contributed by atoms with E-state index in [2.05, 4.69) is 14.9 Å². The molecule has 1 aromatic heterocycles. The highest BCUT2D eigenvalue weighted by Crippen LogP contribution is 2.18. The smallest absolute Gasteiger partial charge is 0.280 e. The molecule has 0 saturated carbocycles. The third kappa shape index (κ3) is 1.31. The van der Waals surface area contributed by atoms with Crippen LogP contribution in [-0.2, 0) is 0 Å². The van der Waals surface area contributed by atoms with Crippen LogP contribution in [0.3, 0.4) is 0 Å². The zero-order chi connectivity index (χ0) is 10.1. The number of aromatic nitrogens is 2.